The first-order chi connectivity index (χ1) is 13.6. The number of H-pyrrole nitrogens is 1. The largest absolute Gasteiger partial charge is 0.370 e. The van der Waals surface area contributed by atoms with E-state index in [-0.39, 0.29) is 11.3 Å². The number of aromatic amines is 1. The zero-order valence-electron chi connectivity index (χ0n) is 15.1. The van der Waals surface area contributed by atoms with E-state index in [1.807, 2.05) is 4.90 Å². The number of nitrogens with one attached hydrogen (secondary N) is 2. The van der Waals surface area contributed by atoms with Crippen LogP contribution in [-0.4, -0.2) is 29.0 Å². The average molecular weight is 378 g/mol. The van der Waals surface area contributed by atoms with Gasteiger partial charge in [0.05, 0.1) is 5.69 Å². The fraction of sp³-hybridized carbons (Fsp3) is 0.190. The van der Waals surface area contributed by atoms with Crippen molar-refractivity contribution in [3.05, 3.63) is 76.6 Å². The number of hydrogen-bond donors (Lipinski definition) is 2. The van der Waals surface area contributed by atoms with Crippen LogP contribution in [0.3, 0.4) is 0 Å². The van der Waals surface area contributed by atoms with Crippen molar-refractivity contribution in [1.82, 2.24) is 9.97 Å². The van der Waals surface area contributed by atoms with Crippen molar-refractivity contribution in [3.8, 4) is 11.3 Å². The lowest BCUT2D eigenvalue weighted by Gasteiger charge is -2.22. The standard InChI is InChI=1S/C21H19FN4O2/c22-16-4-3-5-18(26-12-1-2-13-26)19(16)25-21(28)15-6-7-17(24-20(15)27)14-8-10-23-11-9-14/h3-11H,1-2,12-13H2,(H,24,27)(H,25,28). The van der Waals surface area contributed by atoms with Gasteiger partial charge in [0.2, 0.25) is 0 Å². The predicted octanol–water partition coefficient (Wildman–Crippen LogP) is 3.43. The number of anilines is 2. The SMILES string of the molecule is O=C(Nc1c(F)cccc1N1CCCC1)c1ccc(-c2ccncc2)[nH]c1=O. The fourth-order valence-corrected chi connectivity index (χ4v) is 3.39. The molecular formula is C21H19FN4O2. The molecule has 0 radical (unpaired) electrons. The van der Waals surface area contributed by atoms with Crippen molar-refractivity contribution in [1.29, 1.82) is 0 Å². The van der Waals surface area contributed by atoms with Crippen LogP contribution in [0, 0.1) is 5.82 Å². The van der Waals surface area contributed by atoms with E-state index in [9.17, 15) is 14.0 Å². The van der Waals surface area contributed by atoms with Crippen LogP contribution >= 0.6 is 0 Å². The minimum Gasteiger partial charge on any atom is -0.370 e. The van der Waals surface area contributed by atoms with Crippen molar-refractivity contribution in [3.63, 3.8) is 0 Å². The van der Waals surface area contributed by atoms with Crippen LogP contribution in [0.5, 0.6) is 0 Å². The van der Waals surface area contributed by atoms with E-state index in [2.05, 4.69) is 15.3 Å². The van der Waals surface area contributed by atoms with E-state index in [4.69, 9.17) is 0 Å². The number of halogens is 1. The van der Waals surface area contributed by atoms with Crippen molar-refractivity contribution in [2.24, 2.45) is 0 Å². The number of aromatic nitrogens is 2. The summed E-state index contributed by atoms with van der Waals surface area (Å²) in [6.07, 6.45) is 5.29. The molecule has 0 unspecified atom stereocenters. The highest BCUT2D eigenvalue weighted by Gasteiger charge is 2.21. The quantitative estimate of drug-likeness (QED) is 0.729. The van der Waals surface area contributed by atoms with Gasteiger partial charge in [-0.25, -0.2) is 4.39 Å². The number of carbonyl (C=O) groups is 1. The lowest BCUT2D eigenvalue weighted by molar-refractivity contribution is 0.102. The monoisotopic (exact) mass is 378 g/mol. The Morgan fingerprint density at radius 1 is 1.07 bits per heavy atom. The Bertz CT molecular complexity index is 1060. The first kappa shape index (κ1) is 17.9. The molecule has 0 bridgehead atoms. The molecule has 142 valence electrons. The van der Waals surface area contributed by atoms with Gasteiger partial charge in [0.1, 0.15) is 17.1 Å². The molecule has 2 aromatic heterocycles. The van der Waals surface area contributed by atoms with E-state index < -0.39 is 17.3 Å². The smallest absolute Gasteiger partial charge is 0.261 e. The third-order valence-electron chi connectivity index (χ3n) is 4.82. The van der Waals surface area contributed by atoms with Gasteiger partial charge >= 0.3 is 0 Å². The molecule has 3 heterocycles. The molecule has 2 N–H and O–H groups in total. The number of carbonyl (C=O) groups excluding carboxylic acids is 1. The second-order valence-corrected chi connectivity index (χ2v) is 6.63. The fourth-order valence-electron chi connectivity index (χ4n) is 3.39. The van der Waals surface area contributed by atoms with E-state index in [1.54, 1.807) is 42.7 Å². The van der Waals surface area contributed by atoms with Crippen LogP contribution in [-0.2, 0) is 0 Å². The second-order valence-electron chi connectivity index (χ2n) is 6.63. The van der Waals surface area contributed by atoms with Gasteiger partial charge in [0.15, 0.2) is 0 Å². The molecule has 0 aliphatic carbocycles. The summed E-state index contributed by atoms with van der Waals surface area (Å²) in [5.41, 5.74) is 1.49. The third-order valence-corrected chi connectivity index (χ3v) is 4.82. The van der Waals surface area contributed by atoms with Gasteiger partial charge in [0, 0.05) is 36.7 Å². The second kappa shape index (κ2) is 7.64. The van der Waals surface area contributed by atoms with Crippen LogP contribution in [0.15, 0.2) is 59.7 Å². The highest BCUT2D eigenvalue weighted by atomic mass is 19.1. The average Bonchev–Trinajstić information content (AvgIpc) is 3.24. The first-order valence-corrected chi connectivity index (χ1v) is 9.12. The number of pyridine rings is 2. The number of hydrogen-bond acceptors (Lipinski definition) is 4. The van der Waals surface area contributed by atoms with Gasteiger partial charge in [-0.1, -0.05) is 6.07 Å². The molecule has 1 amide bonds. The molecule has 0 spiro atoms. The summed E-state index contributed by atoms with van der Waals surface area (Å²) >= 11 is 0. The van der Waals surface area contributed by atoms with Gasteiger partial charge < -0.3 is 15.2 Å². The summed E-state index contributed by atoms with van der Waals surface area (Å²) in [6.45, 7) is 1.63. The van der Waals surface area contributed by atoms with Gasteiger partial charge in [-0.15, -0.1) is 0 Å². The number of nitrogens with zero attached hydrogens (tertiary/aromatic N) is 2. The molecule has 0 atom stereocenters. The summed E-state index contributed by atoms with van der Waals surface area (Å²) in [4.78, 5) is 33.8. The molecule has 6 nitrogen and oxygen atoms in total. The van der Waals surface area contributed by atoms with Crippen LogP contribution in [0.1, 0.15) is 23.2 Å². The topological polar surface area (TPSA) is 78.1 Å². The number of benzene rings is 1. The zero-order chi connectivity index (χ0) is 19.5. The molecular weight excluding hydrogens is 359 g/mol. The lowest BCUT2D eigenvalue weighted by atomic mass is 10.1. The van der Waals surface area contributed by atoms with Gasteiger partial charge in [-0.05, 0) is 49.2 Å². The maximum absolute atomic E-state index is 14.4. The van der Waals surface area contributed by atoms with E-state index in [1.165, 1.54) is 12.1 Å². The lowest BCUT2D eigenvalue weighted by Crippen LogP contribution is -2.26. The van der Waals surface area contributed by atoms with Crippen LogP contribution in [0.4, 0.5) is 15.8 Å². The summed E-state index contributed by atoms with van der Waals surface area (Å²) in [5, 5.41) is 2.59. The first-order valence-electron chi connectivity index (χ1n) is 9.12. The molecule has 28 heavy (non-hydrogen) atoms. The number of para-hydroxylation sites is 1. The van der Waals surface area contributed by atoms with E-state index in [0.29, 0.717) is 11.4 Å². The van der Waals surface area contributed by atoms with E-state index in [0.717, 1.165) is 31.5 Å². The Morgan fingerprint density at radius 2 is 1.82 bits per heavy atom. The molecule has 4 rings (SSSR count). The maximum Gasteiger partial charge on any atom is 0.261 e. The Balaban J connectivity index is 1.62. The normalized spacial score (nSPS) is 13.5. The zero-order valence-corrected chi connectivity index (χ0v) is 15.1. The Kier molecular flexibility index (Phi) is 4.89. The molecule has 7 heteroatoms. The Labute approximate surface area is 161 Å². The highest BCUT2D eigenvalue weighted by Crippen LogP contribution is 2.31. The maximum atomic E-state index is 14.4. The Morgan fingerprint density at radius 3 is 2.54 bits per heavy atom. The summed E-state index contributed by atoms with van der Waals surface area (Å²) < 4.78 is 14.4. The van der Waals surface area contributed by atoms with Crippen LogP contribution in [0.25, 0.3) is 11.3 Å². The molecule has 1 saturated heterocycles. The summed E-state index contributed by atoms with van der Waals surface area (Å²) in [5.74, 6) is -1.17. The molecule has 1 aliphatic rings. The van der Waals surface area contributed by atoms with Crippen LogP contribution < -0.4 is 15.8 Å². The van der Waals surface area contributed by atoms with Gasteiger partial charge in [0.25, 0.3) is 11.5 Å². The predicted molar refractivity (Wildman–Crippen MR) is 106 cm³/mol. The van der Waals surface area contributed by atoms with Crippen molar-refractivity contribution in [2.75, 3.05) is 23.3 Å². The molecule has 1 aromatic carbocycles. The number of amides is 1. The molecule has 0 saturated carbocycles. The van der Waals surface area contributed by atoms with Crippen molar-refractivity contribution in [2.45, 2.75) is 12.8 Å². The van der Waals surface area contributed by atoms with Gasteiger partial charge in [-0.2, -0.15) is 0 Å². The summed E-state index contributed by atoms with van der Waals surface area (Å²) in [7, 11) is 0. The molecule has 1 fully saturated rings. The summed E-state index contributed by atoms with van der Waals surface area (Å²) in [6, 6.07) is 11.3. The minimum atomic E-state index is -0.645. The van der Waals surface area contributed by atoms with Gasteiger partial charge in [-0.3, -0.25) is 14.6 Å². The van der Waals surface area contributed by atoms with Crippen LogP contribution in [0.2, 0.25) is 0 Å². The molecule has 1 aliphatic heterocycles. The number of rotatable bonds is 4. The third kappa shape index (κ3) is 3.51. The minimum absolute atomic E-state index is 0.0755. The van der Waals surface area contributed by atoms with E-state index >= 15 is 0 Å². The van der Waals surface area contributed by atoms with Crippen molar-refractivity contribution < 1.29 is 9.18 Å². The Hall–Kier alpha value is -3.48. The van der Waals surface area contributed by atoms with Crippen molar-refractivity contribution >= 4 is 17.3 Å². The highest BCUT2D eigenvalue weighted by molar-refractivity contribution is 6.06. The molecule has 3 aromatic rings.